The maximum atomic E-state index is 5.38. The molecular weight excluding hydrogens is 326 g/mol. The molecule has 0 aliphatic heterocycles. The summed E-state index contributed by atoms with van der Waals surface area (Å²) in [6.45, 7) is 0. The van der Waals surface area contributed by atoms with Gasteiger partial charge in [0.2, 0.25) is 0 Å². The zero-order chi connectivity index (χ0) is 15.9. The second-order valence-corrected chi connectivity index (χ2v) is 6.85. The molecule has 0 atom stereocenters. The van der Waals surface area contributed by atoms with Crippen molar-refractivity contribution in [3.05, 3.63) is 36.8 Å². The Kier molecular flexibility index (Phi) is 5.76. The first-order valence-corrected chi connectivity index (χ1v) is 9.00. The molecule has 7 heteroatoms. The number of nitrogens with one attached hydrogen (secondary N) is 2. The summed E-state index contributed by atoms with van der Waals surface area (Å²) in [5.74, 6) is 0. The largest absolute Gasteiger partial charge is 0.360 e. The Morgan fingerprint density at radius 3 is 2.57 bits per heavy atom. The van der Waals surface area contributed by atoms with Gasteiger partial charge in [-0.25, -0.2) is 15.0 Å². The van der Waals surface area contributed by atoms with Crippen LogP contribution in [-0.2, 0) is 0 Å². The third kappa shape index (κ3) is 5.14. The average molecular weight is 345 g/mol. The molecular formula is C16H19N5S2. The van der Waals surface area contributed by atoms with E-state index in [1.165, 1.54) is 43.9 Å². The molecule has 0 spiro atoms. The van der Waals surface area contributed by atoms with E-state index in [1.807, 2.05) is 12.1 Å². The summed E-state index contributed by atoms with van der Waals surface area (Å²) in [4.78, 5) is 12.8. The average Bonchev–Trinajstić information content (AvgIpc) is 2.58. The highest BCUT2D eigenvalue weighted by atomic mass is 32.2. The van der Waals surface area contributed by atoms with Gasteiger partial charge in [0.25, 0.3) is 0 Å². The van der Waals surface area contributed by atoms with E-state index in [0.29, 0.717) is 16.3 Å². The Hall–Kier alpha value is -1.73. The monoisotopic (exact) mass is 345 g/mol. The molecule has 1 fully saturated rings. The molecule has 0 aromatic carbocycles. The Balaban J connectivity index is 1.51. The highest BCUT2D eigenvalue weighted by molar-refractivity contribution is 7.99. The van der Waals surface area contributed by atoms with Crippen LogP contribution in [0.5, 0.6) is 0 Å². The molecule has 2 aromatic heterocycles. The van der Waals surface area contributed by atoms with Gasteiger partial charge in [0, 0.05) is 18.4 Å². The fourth-order valence-electron chi connectivity index (χ4n) is 2.55. The number of pyridine rings is 1. The smallest absolute Gasteiger partial charge is 0.193 e. The zero-order valence-corrected chi connectivity index (χ0v) is 14.4. The number of rotatable bonds is 4. The van der Waals surface area contributed by atoms with Gasteiger partial charge in [-0.15, -0.1) is 0 Å². The first-order chi connectivity index (χ1) is 11.3. The molecule has 2 aromatic rings. The van der Waals surface area contributed by atoms with Crippen molar-refractivity contribution in [2.24, 2.45) is 0 Å². The number of aromatic nitrogens is 3. The van der Waals surface area contributed by atoms with Crippen LogP contribution in [-0.4, -0.2) is 26.1 Å². The lowest BCUT2D eigenvalue weighted by Gasteiger charge is -2.24. The van der Waals surface area contributed by atoms with Crippen LogP contribution in [0.4, 0.5) is 5.69 Å². The Morgan fingerprint density at radius 1 is 1.09 bits per heavy atom. The topological polar surface area (TPSA) is 62.7 Å². The Morgan fingerprint density at radius 2 is 1.87 bits per heavy atom. The van der Waals surface area contributed by atoms with E-state index in [1.54, 1.807) is 24.7 Å². The molecule has 5 nitrogen and oxygen atoms in total. The Labute approximate surface area is 145 Å². The van der Waals surface area contributed by atoms with Gasteiger partial charge in [-0.3, -0.25) is 0 Å². The van der Waals surface area contributed by atoms with Gasteiger partial charge in [-0.1, -0.05) is 19.3 Å². The molecule has 0 bridgehead atoms. The molecule has 120 valence electrons. The summed E-state index contributed by atoms with van der Waals surface area (Å²) < 4.78 is 0. The summed E-state index contributed by atoms with van der Waals surface area (Å²) >= 11 is 6.81. The van der Waals surface area contributed by atoms with E-state index in [2.05, 4.69) is 25.6 Å². The normalized spacial score (nSPS) is 15.1. The summed E-state index contributed by atoms with van der Waals surface area (Å²) in [7, 11) is 0. The number of hydrogen-bond acceptors (Lipinski definition) is 5. The van der Waals surface area contributed by atoms with Crippen LogP contribution in [0.2, 0.25) is 0 Å². The minimum atomic E-state index is 0.502. The van der Waals surface area contributed by atoms with Gasteiger partial charge in [0.15, 0.2) is 10.3 Å². The highest BCUT2D eigenvalue weighted by Crippen LogP contribution is 2.22. The quantitative estimate of drug-likeness (QED) is 0.648. The highest BCUT2D eigenvalue weighted by Gasteiger charge is 2.14. The molecule has 23 heavy (non-hydrogen) atoms. The van der Waals surface area contributed by atoms with Gasteiger partial charge in [-0.05, 0) is 55.0 Å². The van der Waals surface area contributed by atoms with Crippen LogP contribution in [0, 0.1) is 0 Å². The molecule has 0 unspecified atom stereocenters. The zero-order valence-electron chi connectivity index (χ0n) is 12.7. The van der Waals surface area contributed by atoms with Crippen molar-refractivity contribution in [1.29, 1.82) is 0 Å². The van der Waals surface area contributed by atoms with Crippen molar-refractivity contribution in [2.45, 2.75) is 48.3 Å². The van der Waals surface area contributed by atoms with E-state index in [9.17, 15) is 0 Å². The molecule has 2 heterocycles. The van der Waals surface area contributed by atoms with Gasteiger partial charge in [0.1, 0.15) is 5.03 Å². The fraction of sp³-hybridized carbons (Fsp3) is 0.375. The third-order valence-corrected chi connectivity index (χ3v) is 4.74. The lowest BCUT2D eigenvalue weighted by molar-refractivity contribution is 0.415. The van der Waals surface area contributed by atoms with Crippen LogP contribution in [0.25, 0.3) is 0 Å². The molecule has 1 aliphatic carbocycles. The molecule has 3 rings (SSSR count). The summed E-state index contributed by atoms with van der Waals surface area (Å²) in [5, 5.41) is 8.80. The first-order valence-electron chi connectivity index (χ1n) is 7.78. The van der Waals surface area contributed by atoms with Crippen molar-refractivity contribution < 1.29 is 0 Å². The molecule has 1 saturated carbocycles. The van der Waals surface area contributed by atoms with E-state index in [0.717, 1.165) is 10.7 Å². The Bertz CT molecular complexity index is 627. The summed E-state index contributed by atoms with van der Waals surface area (Å²) in [6, 6.07) is 6.20. The van der Waals surface area contributed by atoms with Crippen molar-refractivity contribution in [3.63, 3.8) is 0 Å². The van der Waals surface area contributed by atoms with Gasteiger partial charge in [0.05, 0.1) is 11.9 Å². The van der Waals surface area contributed by atoms with Gasteiger partial charge >= 0.3 is 0 Å². The lowest BCUT2D eigenvalue weighted by atomic mass is 9.96. The standard InChI is InChI=1S/C16H19N5S2/c22-15(20-12-5-2-1-3-6-12)21-13-7-8-14(19-11-13)23-16-17-9-4-10-18-16/h4,7-12H,1-3,5-6H2,(H2,20,21,22). The molecule has 1 aliphatic rings. The first kappa shape index (κ1) is 16.1. The van der Waals surface area contributed by atoms with E-state index >= 15 is 0 Å². The summed E-state index contributed by atoms with van der Waals surface area (Å²) in [6.07, 6.45) is 11.5. The van der Waals surface area contributed by atoms with Crippen molar-refractivity contribution in [1.82, 2.24) is 20.3 Å². The predicted octanol–water partition coefficient (Wildman–Crippen LogP) is 3.64. The second-order valence-electron chi connectivity index (χ2n) is 5.45. The molecule has 2 N–H and O–H groups in total. The SMILES string of the molecule is S=C(Nc1ccc(Sc2ncccn2)nc1)NC1CCCCC1. The maximum absolute atomic E-state index is 5.38. The van der Waals surface area contributed by atoms with E-state index in [-0.39, 0.29) is 0 Å². The second kappa shape index (κ2) is 8.21. The summed E-state index contributed by atoms with van der Waals surface area (Å²) in [5.41, 5.74) is 0.886. The third-order valence-electron chi connectivity index (χ3n) is 3.67. The fourth-order valence-corrected chi connectivity index (χ4v) is 3.49. The minimum absolute atomic E-state index is 0.502. The van der Waals surface area contributed by atoms with Crippen LogP contribution >= 0.6 is 24.0 Å². The number of thiocarbonyl (C=S) groups is 1. The maximum Gasteiger partial charge on any atom is 0.193 e. The number of nitrogens with zero attached hydrogens (tertiary/aromatic N) is 3. The number of hydrogen-bond donors (Lipinski definition) is 2. The van der Waals surface area contributed by atoms with Gasteiger partial charge in [-0.2, -0.15) is 0 Å². The molecule has 0 saturated heterocycles. The van der Waals surface area contributed by atoms with Crippen LogP contribution in [0.1, 0.15) is 32.1 Å². The molecule has 0 amide bonds. The van der Waals surface area contributed by atoms with Crippen LogP contribution in [0.3, 0.4) is 0 Å². The van der Waals surface area contributed by atoms with Crippen LogP contribution < -0.4 is 10.6 Å². The van der Waals surface area contributed by atoms with Crippen LogP contribution in [0.15, 0.2) is 47.0 Å². The minimum Gasteiger partial charge on any atom is -0.360 e. The number of anilines is 1. The predicted molar refractivity (Wildman–Crippen MR) is 96.6 cm³/mol. The van der Waals surface area contributed by atoms with Gasteiger partial charge < -0.3 is 10.6 Å². The lowest BCUT2D eigenvalue weighted by Crippen LogP contribution is -2.38. The van der Waals surface area contributed by atoms with Crippen molar-refractivity contribution in [2.75, 3.05) is 5.32 Å². The van der Waals surface area contributed by atoms with Crippen molar-refractivity contribution in [3.8, 4) is 0 Å². The van der Waals surface area contributed by atoms with Crippen molar-refractivity contribution >= 4 is 34.8 Å². The van der Waals surface area contributed by atoms with E-state index < -0.39 is 0 Å². The molecule has 0 radical (unpaired) electrons. The van der Waals surface area contributed by atoms with E-state index in [4.69, 9.17) is 12.2 Å².